The van der Waals surface area contributed by atoms with E-state index in [0.717, 1.165) is 18.4 Å². The lowest BCUT2D eigenvalue weighted by Crippen LogP contribution is -2.44. The van der Waals surface area contributed by atoms with Gasteiger partial charge in [-0.25, -0.2) is 4.79 Å². The Hall–Kier alpha value is -1.75. The normalized spacial score (nSPS) is 23.6. The third-order valence-electron chi connectivity index (χ3n) is 5.23. The van der Waals surface area contributed by atoms with Gasteiger partial charge >= 0.3 is 6.03 Å². The van der Waals surface area contributed by atoms with Gasteiger partial charge in [-0.3, -0.25) is 0 Å². The molecule has 1 aromatic carbocycles. The van der Waals surface area contributed by atoms with Crippen LogP contribution in [0.1, 0.15) is 43.7 Å². The lowest BCUT2D eigenvalue weighted by Gasteiger charge is -2.30. The largest absolute Gasteiger partial charge is 0.508 e. The second-order valence-electron chi connectivity index (χ2n) is 7.03. The molecule has 5 heteroatoms. The molecule has 2 amide bonds. The van der Waals surface area contributed by atoms with Crippen LogP contribution in [0.4, 0.5) is 4.79 Å². The van der Waals surface area contributed by atoms with Crippen LogP contribution >= 0.6 is 0 Å². The van der Waals surface area contributed by atoms with E-state index in [9.17, 15) is 9.90 Å². The predicted molar refractivity (Wildman–Crippen MR) is 93.0 cm³/mol. The minimum absolute atomic E-state index is 0.0516. The molecule has 3 rings (SSSR count). The Morgan fingerprint density at radius 1 is 1.33 bits per heavy atom. The topological polar surface area (TPSA) is 61.8 Å². The summed E-state index contributed by atoms with van der Waals surface area (Å²) in [4.78, 5) is 14.1. The standard InChI is InChI=1S/C19H28N2O3/c1-14-4-2-3-5-18(14)24-11-9-20-19(23)21-10-8-15-6-7-17(22)12-16(15)13-21/h6-7,12,14,18,22H,2-5,8-11,13H2,1H3,(H,20,23)/t14-,18+/m0/s1. The van der Waals surface area contributed by atoms with Gasteiger partial charge in [0.15, 0.2) is 0 Å². The lowest BCUT2D eigenvalue weighted by molar-refractivity contribution is -0.00274. The first-order valence-electron chi connectivity index (χ1n) is 9.08. The zero-order chi connectivity index (χ0) is 16.9. The number of carbonyl (C=O) groups excluding carboxylic acids is 1. The fourth-order valence-electron chi connectivity index (χ4n) is 3.73. The number of hydrogen-bond acceptors (Lipinski definition) is 3. The van der Waals surface area contributed by atoms with Crippen LogP contribution in [0.5, 0.6) is 5.75 Å². The number of urea groups is 1. The molecule has 1 heterocycles. The number of nitrogens with zero attached hydrogens (tertiary/aromatic N) is 1. The van der Waals surface area contributed by atoms with Gasteiger partial charge in [-0.1, -0.05) is 25.8 Å². The Balaban J connectivity index is 1.41. The number of phenolic OH excluding ortho intramolecular Hbond substituents is 1. The number of aromatic hydroxyl groups is 1. The summed E-state index contributed by atoms with van der Waals surface area (Å²) in [6.45, 7) is 4.64. The van der Waals surface area contributed by atoms with Crippen molar-refractivity contribution >= 4 is 6.03 Å². The molecular weight excluding hydrogens is 304 g/mol. The molecule has 1 aromatic rings. The molecule has 0 spiro atoms. The fraction of sp³-hybridized carbons (Fsp3) is 0.632. The Labute approximate surface area is 144 Å². The van der Waals surface area contributed by atoms with Crippen LogP contribution in [0.2, 0.25) is 0 Å². The number of hydrogen-bond donors (Lipinski definition) is 2. The van der Waals surface area contributed by atoms with Gasteiger partial charge in [0.1, 0.15) is 5.75 Å². The number of nitrogens with one attached hydrogen (secondary N) is 1. The number of phenols is 1. The lowest BCUT2D eigenvalue weighted by atomic mass is 9.88. The van der Waals surface area contributed by atoms with E-state index >= 15 is 0 Å². The van der Waals surface area contributed by atoms with E-state index in [1.54, 1.807) is 17.0 Å². The van der Waals surface area contributed by atoms with Gasteiger partial charge in [-0.15, -0.1) is 0 Å². The highest BCUT2D eigenvalue weighted by molar-refractivity contribution is 5.74. The van der Waals surface area contributed by atoms with Crippen molar-refractivity contribution in [2.24, 2.45) is 5.92 Å². The number of carbonyl (C=O) groups is 1. The molecular formula is C19H28N2O3. The molecule has 132 valence electrons. The maximum absolute atomic E-state index is 12.3. The van der Waals surface area contributed by atoms with Crippen LogP contribution < -0.4 is 5.32 Å². The van der Waals surface area contributed by atoms with E-state index in [1.807, 2.05) is 6.07 Å². The van der Waals surface area contributed by atoms with E-state index in [1.165, 1.54) is 24.8 Å². The molecule has 1 fully saturated rings. The molecule has 2 N–H and O–H groups in total. The summed E-state index contributed by atoms with van der Waals surface area (Å²) in [5.41, 5.74) is 2.25. The van der Waals surface area contributed by atoms with Crippen LogP contribution in [-0.4, -0.2) is 41.8 Å². The van der Waals surface area contributed by atoms with E-state index in [0.29, 0.717) is 38.3 Å². The van der Waals surface area contributed by atoms with Gasteiger partial charge in [-0.05, 0) is 48.4 Å². The van der Waals surface area contributed by atoms with Crippen molar-refractivity contribution in [3.05, 3.63) is 29.3 Å². The van der Waals surface area contributed by atoms with E-state index in [4.69, 9.17) is 4.74 Å². The van der Waals surface area contributed by atoms with Gasteiger partial charge < -0.3 is 20.1 Å². The summed E-state index contributed by atoms with van der Waals surface area (Å²) in [5, 5.41) is 12.5. The summed E-state index contributed by atoms with van der Waals surface area (Å²) >= 11 is 0. The van der Waals surface area contributed by atoms with Crippen molar-refractivity contribution in [2.75, 3.05) is 19.7 Å². The Kier molecular flexibility index (Phi) is 5.61. The second-order valence-corrected chi connectivity index (χ2v) is 7.03. The van der Waals surface area contributed by atoms with Crippen molar-refractivity contribution in [1.29, 1.82) is 0 Å². The van der Waals surface area contributed by atoms with E-state index in [2.05, 4.69) is 12.2 Å². The van der Waals surface area contributed by atoms with Gasteiger partial charge in [-0.2, -0.15) is 0 Å². The quantitative estimate of drug-likeness (QED) is 0.833. The highest BCUT2D eigenvalue weighted by Crippen LogP contribution is 2.26. The van der Waals surface area contributed by atoms with Gasteiger partial charge in [0.2, 0.25) is 0 Å². The molecule has 5 nitrogen and oxygen atoms in total. The molecule has 2 atom stereocenters. The van der Waals surface area contributed by atoms with Crippen molar-refractivity contribution in [1.82, 2.24) is 10.2 Å². The zero-order valence-electron chi connectivity index (χ0n) is 14.5. The highest BCUT2D eigenvalue weighted by atomic mass is 16.5. The fourth-order valence-corrected chi connectivity index (χ4v) is 3.73. The molecule has 0 radical (unpaired) electrons. The molecule has 24 heavy (non-hydrogen) atoms. The molecule has 0 aromatic heterocycles. The summed E-state index contributed by atoms with van der Waals surface area (Å²) in [6.07, 6.45) is 6.13. The first kappa shape index (κ1) is 17.1. The van der Waals surface area contributed by atoms with Gasteiger partial charge in [0.05, 0.1) is 12.7 Å². The number of amides is 2. The molecule has 1 aliphatic carbocycles. The third kappa shape index (κ3) is 4.20. The Bertz CT molecular complexity index is 576. The number of ether oxygens (including phenoxy) is 1. The second kappa shape index (κ2) is 7.88. The van der Waals surface area contributed by atoms with E-state index in [-0.39, 0.29) is 11.8 Å². The van der Waals surface area contributed by atoms with Crippen molar-refractivity contribution in [3.8, 4) is 5.75 Å². The maximum atomic E-state index is 12.3. The monoisotopic (exact) mass is 332 g/mol. The van der Waals surface area contributed by atoms with E-state index < -0.39 is 0 Å². The smallest absolute Gasteiger partial charge is 0.317 e. The summed E-state index contributed by atoms with van der Waals surface area (Å²) in [7, 11) is 0. The average Bonchev–Trinajstić information content (AvgIpc) is 2.59. The van der Waals surface area contributed by atoms with Crippen LogP contribution in [0.3, 0.4) is 0 Å². The molecule has 0 saturated heterocycles. The van der Waals surface area contributed by atoms with Gasteiger partial charge in [0.25, 0.3) is 0 Å². The third-order valence-corrected chi connectivity index (χ3v) is 5.23. The average molecular weight is 332 g/mol. The SMILES string of the molecule is C[C@H]1CCCC[C@H]1OCCNC(=O)N1CCc2ccc(O)cc2C1. The molecule has 0 bridgehead atoms. The number of benzene rings is 1. The van der Waals surface area contributed by atoms with Gasteiger partial charge in [0, 0.05) is 19.6 Å². The number of rotatable bonds is 4. The number of fused-ring (bicyclic) bond motifs is 1. The summed E-state index contributed by atoms with van der Waals surface area (Å²) in [6, 6.07) is 5.35. The van der Waals surface area contributed by atoms with Crippen molar-refractivity contribution in [2.45, 2.75) is 51.7 Å². The minimum Gasteiger partial charge on any atom is -0.508 e. The van der Waals surface area contributed by atoms with Crippen LogP contribution in [0, 0.1) is 5.92 Å². The molecule has 0 unspecified atom stereocenters. The first-order valence-corrected chi connectivity index (χ1v) is 9.08. The van der Waals surface area contributed by atoms with Crippen LogP contribution in [0.15, 0.2) is 18.2 Å². The maximum Gasteiger partial charge on any atom is 0.317 e. The summed E-state index contributed by atoms with van der Waals surface area (Å²) < 4.78 is 5.94. The summed E-state index contributed by atoms with van der Waals surface area (Å²) in [5.74, 6) is 0.881. The first-order chi connectivity index (χ1) is 11.6. The van der Waals surface area contributed by atoms with Crippen molar-refractivity contribution in [3.63, 3.8) is 0 Å². The Morgan fingerprint density at radius 2 is 2.17 bits per heavy atom. The van der Waals surface area contributed by atoms with Crippen LogP contribution in [-0.2, 0) is 17.7 Å². The predicted octanol–water partition coefficient (Wildman–Crippen LogP) is 3.06. The Morgan fingerprint density at radius 3 is 3.00 bits per heavy atom. The minimum atomic E-state index is -0.0516. The molecule has 1 aliphatic heterocycles. The van der Waals surface area contributed by atoms with Crippen molar-refractivity contribution < 1.29 is 14.6 Å². The molecule has 2 aliphatic rings. The zero-order valence-corrected chi connectivity index (χ0v) is 14.5. The van der Waals surface area contributed by atoms with Crippen LogP contribution in [0.25, 0.3) is 0 Å². The highest BCUT2D eigenvalue weighted by Gasteiger charge is 2.23. The molecule has 1 saturated carbocycles.